The summed E-state index contributed by atoms with van der Waals surface area (Å²) in [6, 6.07) is 2.00. The highest BCUT2D eigenvalue weighted by Crippen LogP contribution is 2.27. The van der Waals surface area contributed by atoms with Crippen molar-refractivity contribution in [2.75, 3.05) is 0 Å². The van der Waals surface area contributed by atoms with Gasteiger partial charge >= 0.3 is 0 Å². The van der Waals surface area contributed by atoms with Gasteiger partial charge in [-0.3, -0.25) is 0 Å². The van der Waals surface area contributed by atoms with Gasteiger partial charge in [-0.05, 0) is 18.6 Å². The summed E-state index contributed by atoms with van der Waals surface area (Å²) in [5.74, 6) is -0.308. The van der Waals surface area contributed by atoms with Crippen LogP contribution in [0.4, 0.5) is 8.78 Å². The Morgan fingerprint density at radius 1 is 1.26 bits per heavy atom. The van der Waals surface area contributed by atoms with Gasteiger partial charge in [-0.2, -0.15) is 0 Å². The number of aromatic nitrogens is 3. The number of halogens is 4. The number of hydrogen-bond acceptors (Lipinski definition) is 2. The van der Waals surface area contributed by atoms with Crippen molar-refractivity contribution in [1.29, 1.82) is 0 Å². The molecule has 7 heteroatoms. The zero-order valence-electron chi connectivity index (χ0n) is 10.1. The summed E-state index contributed by atoms with van der Waals surface area (Å²) >= 11 is 8.84. The fraction of sp³-hybridized carbons (Fsp3) is 0.333. The predicted molar refractivity (Wildman–Crippen MR) is 73.3 cm³/mol. The standard InChI is InChI=1S/C12H11BrClF2N3/c1-2-3-19-11(6-13)17-18-12(19)7-4-10(16)8(14)5-9(7)15/h4-5H,2-3,6H2,1H3. The molecule has 0 fully saturated rings. The van der Waals surface area contributed by atoms with Gasteiger partial charge in [-0.25, -0.2) is 8.78 Å². The average molecular weight is 351 g/mol. The Labute approximate surface area is 122 Å². The molecule has 1 heterocycles. The van der Waals surface area contributed by atoms with Crippen LogP contribution in [-0.4, -0.2) is 14.8 Å². The number of hydrogen-bond donors (Lipinski definition) is 0. The maximum Gasteiger partial charge on any atom is 0.167 e. The molecule has 19 heavy (non-hydrogen) atoms. The highest BCUT2D eigenvalue weighted by molar-refractivity contribution is 9.08. The van der Waals surface area contributed by atoms with E-state index in [0.717, 1.165) is 18.6 Å². The van der Waals surface area contributed by atoms with E-state index in [-0.39, 0.29) is 10.6 Å². The first-order valence-electron chi connectivity index (χ1n) is 5.71. The molecule has 2 aromatic rings. The molecule has 0 amide bonds. The van der Waals surface area contributed by atoms with Crippen LogP contribution in [0.1, 0.15) is 19.2 Å². The van der Waals surface area contributed by atoms with Crippen molar-refractivity contribution in [2.24, 2.45) is 0 Å². The molecule has 0 unspecified atom stereocenters. The summed E-state index contributed by atoms with van der Waals surface area (Å²) in [6.07, 6.45) is 0.836. The first-order valence-corrected chi connectivity index (χ1v) is 7.21. The van der Waals surface area contributed by atoms with Crippen LogP contribution >= 0.6 is 27.5 Å². The number of rotatable bonds is 4. The fourth-order valence-corrected chi connectivity index (χ4v) is 2.35. The molecule has 0 bridgehead atoms. The molecule has 1 aromatic carbocycles. The highest BCUT2D eigenvalue weighted by Gasteiger charge is 2.18. The van der Waals surface area contributed by atoms with Gasteiger partial charge in [0, 0.05) is 6.54 Å². The lowest BCUT2D eigenvalue weighted by Crippen LogP contribution is -2.05. The molecule has 0 saturated heterocycles. The zero-order chi connectivity index (χ0) is 14.0. The van der Waals surface area contributed by atoms with Crippen LogP contribution in [0.25, 0.3) is 11.4 Å². The Morgan fingerprint density at radius 2 is 2.00 bits per heavy atom. The lowest BCUT2D eigenvalue weighted by molar-refractivity contribution is 0.598. The van der Waals surface area contributed by atoms with Crippen molar-refractivity contribution in [3.8, 4) is 11.4 Å². The second-order valence-electron chi connectivity index (χ2n) is 3.97. The van der Waals surface area contributed by atoms with E-state index in [1.54, 1.807) is 4.57 Å². The van der Waals surface area contributed by atoms with E-state index in [1.165, 1.54) is 0 Å². The molecule has 0 spiro atoms. The number of nitrogens with zero attached hydrogens (tertiary/aromatic N) is 3. The minimum Gasteiger partial charge on any atom is -0.310 e. The summed E-state index contributed by atoms with van der Waals surface area (Å²) in [5.41, 5.74) is 0.0649. The second-order valence-corrected chi connectivity index (χ2v) is 4.94. The summed E-state index contributed by atoms with van der Waals surface area (Å²) in [6.45, 7) is 2.62. The van der Waals surface area contributed by atoms with E-state index in [2.05, 4.69) is 26.1 Å². The third kappa shape index (κ3) is 2.79. The fourth-order valence-electron chi connectivity index (χ4n) is 1.79. The summed E-state index contributed by atoms with van der Waals surface area (Å²) < 4.78 is 29.2. The molecule has 0 N–H and O–H groups in total. The first-order chi connectivity index (χ1) is 9.08. The monoisotopic (exact) mass is 349 g/mol. The molecule has 3 nitrogen and oxygen atoms in total. The maximum atomic E-state index is 13.9. The van der Waals surface area contributed by atoms with Crippen molar-refractivity contribution in [3.05, 3.63) is 34.6 Å². The molecular weight excluding hydrogens is 340 g/mol. The third-order valence-electron chi connectivity index (χ3n) is 2.64. The predicted octanol–water partition coefficient (Wildman–Crippen LogP) is 4.18. The topological polar surface area (TPSA) is 30.7 Å². The molecule has 102 valence electrons. The van der Waals surface area contributed by atoms with Crippen molar-refractivity contribution in [2.45, 2.75) is 25.2 Å². The van der Waals surface area contributed by atoms with E-state index in [4.69, 9.17) is 11.6 Å². The summed E-state index contributed by atoms with van der Waals surface area (Å²) in [7, 11) is 0. The molecule has 0 aliphatic carbocycles. The van der Waals surface area contributed by atoms with E-state index < -0.39 is 11.6 Å². The van der Waals surface area contributed by atoms with E-state index >= 15 is 0 Å². The van der Waals surface area contributed by atoms with Gasteiger partial charge < -0.3 is 4.57 Å². The zero-order valence-corrected chi connectivity index (χ0v) is 12.5. The Kier molecular flexibility index (Phi) is 4.52. The van der Waals surface area contributed by atoms with Crippen LogP contribution in [0.5, 0.6) is 0 Å². The maximum absolute atomic E-state index is 13.9. The normalized spacial score (nSPS) is 11.0. The largest absolute Gasteiger partial charge is 0.310 e. The SMILES string of the molecule is CCCn1c(CBr)nnc1-c1cc(F)c(Cl)cc1F. The van der Waals surface area contributed by atoms with E-state index in [1.807, 2.05) is 6.92 Å². The molecule has 0 saturated carbocycles. The molecule has 0 atom stereocenters. The average Bonchev–Trinajstić information content (AvgIpc) is 2.77. The summed E-state index contributed by atoms with van der Waals surface area (Å²) in [5, 5.41) is 8.16. The molecule has 0 aliphatic heterocycles. The van der Waals surface area contributed by atoms with Gasteiger partial charge in [0.1, 0.15) is 17.5 Å². The smallest absolute Gasteiger partial charge is 0.167 e. The number of alkyl halides is 1. The van der Waals surface area contributed by atoms with Gasteiger partial charge in [0.2, 0.25) is 0 Å². The molecular formula is C12H11BrClF2N3. The third-order valence-corrected chi connectivity index (χ3v) is 3.44. The summed E-state index contributed by atoms with van der Waals surface area (Å²) in [4.78, 5) is 0. The van der Waals surface area contributed by atoms with Crippen molar-refractivity contribution >= 4 is 27.5 Å². The van der Waals surface area contributed by atoms with Crippen LogP contribution in [-0.2, 0) is 11.9 Å². The van der Waals surface area contributed by atoms with Gasteiger partial charge in [0.25, 0.3) is 0 Å². The quantitative estimate of drug-likeness (QED) is 0.612. The Hall–Kier alpha value is -1.01. The highest BCUT2D eigenvalue weighted by atomic mass is 79.9. The van der Waals surface area contributed by atoms with Crippen LogP contribution in [0.15, 0.2) is 12.1 Å². The van der Waals surface area contributed by atoms with Gasteiger partial charge in [-0.1, -0.05) is 34.5 Å². The lowest BCUT2D eigenvalue weighted by Gasteiger charge is -2.09. The van der Waals surface area contributed by atoms with Gasteiger partial charge in [0.15, 0.2) is 5.82 Å². The van der Waals surface area contributed by atoms with Gasteiger partial charge in [-0.15, -0.1) is 10.2 Å². The Bertz CT molecular complexity index is 601. The Morgan fingerprint density at radius 3 is 2.63 bits per heavy atom. The number of benzene rings is 1. The minimum absolute atomic E-state index is 0.0649. The van der Waals surface area contributed by atoms with Crippen molar-refractivity contribution in [1.82, 2.24) is 14.8 Å². The molecule has 1 aromatic heterocycles. The van der Waals surface area contributed by atoms with E-state index in [9.17, 15) is 8.78 Å². The van der Waals surface area contributed by atoms with Crippen LogP contribution in [0.2, 0.25) is 5.02 Å². The minimum atomic E-state index is -0.676. The lowest BCUT2D eigenvalue weighted by atomic mass is 10.2. The van der Waals surface area contributed by atoms with Crippen LogP contribution in [0.3, 0.4) is 0 Å². The second kappa shape index (κ2) is 5.96. The molecule has 0 aliphatic rings. The van der Waals surface area contributed by atoms with Crippen molar-refractivity contribution in [3.63, 3.8) is 0 Å². The van der Waals surface area contributed by atoms with Gasteiger partial charge in [0.05, 0.1) is 15.9 Å². The van der Waals surface area contributed by atoms with E-state index in [0.29, 0.717) is 23.5 Å². The molecule has 2 rings (SSSR count). The molecule has 0 radical (unpaired) electrons. The van der Waals surface area contributed by atoms with Crippen LogP contribution < -0.4 is 0 Å². The Balaban J connectivity index is 2.58. The van der Waals surface area contributed by atoms with Crippen LogP contribution in [0, 0.1) is 11.6 Å². The van der Waals surface area contributed by atoms with Crippen molar-refractivity contribution < 1.29 is 8.78 Å². The first kappa shape index (κ1) is 14.4.